The van der Waals surface area contributed by atoms with Gasteiger partial charge < -0.3 is 5.32 Å². The average Bonchev–Trinajstić information content (AvgIpc) is 3.27. The third-order valence-corrected chi connectivity index (χ3v) is 5.61. The molecule has 1 aliphatic carbocycles. The van der Waals surface area contributed by atoms with E-state index >= 15 is 0 Å². The van der Waals surface area contributed by atoms with Crippen molar-refractivity contribution in [3.63, 3.8) is 0 Å². The van der Waals surface area contributed by atoms with Crippen LogP contribution >= 0.6 is 12.6 Å². The summed E-state index contributed by atoms with van der Waals surface area (Å²) >= 11 is 4.64. The molecule has 3 fully saturated rings. The fourth-order valence-corrected chi connectivity index (χ4v) is 4.11. The van der Waals surface area contributed by atoms with Crippen molar-refractivity contribution in [3.05, 3.63) is 0 Å². The number of carbonyl (C=O) groups is 1. The predicted octanol–water partition coefficient (Wildman–Crippen LogP) is 1.41. The van der Waals surface area contributed by atoms with Crippen LogP contribution in [-0.4, -0.2) is 52.8 Å². The minimum atomic E-state index is 0.0894. The topological polar surface area (TPSA) is 54.3 Å². The molecule has 2 saturated heterocycles. The Labute approximate surface area is 133 Å². The van der Waals surface area contributed by atoms with Gasteiger partial charge in [-0.3, -0.25) is 15.0 Å². The van der Waals surface area contributed by atoms with E-state index in [0.717, 1.165) is 25.3 Å². The van der Waals surface area contributed by atoms with Gasteiger partial charge in [-0.2, -0.15) is 12.6 Å². The van der Waals surface area contributed by atoms with E-state index in [2.05, 4.69) is 48.9 Å². The summed E-state index contributed by atoms with van der Waals surface area (Å²) in [5.41, 5.74) is 0. The van der Waals surface area contributed by atoms with E-state index in [1.165, 1.54) is 12.8 Å². The van der Waals surface area contributed by atoms with Gasteiger partial charge in [0.25, 0.3) is 0 Å². The molecule has 0 aromatic rings. The van der Waals surface area contributed by atoms with E-state index in [1.54, 1.807) is 0 Å². The highest BCUT2D eigenvalue weighted by Gasteiger charge is 2.51. The molecule has 1 amide bonds. The molecule has 2 N–H and O–H groups in total. The zero-order valence-electron chi connectivity index (χ0n) is 13.4. The quantitative estimate of drug-likeness (QED) is 0.531. The van der Waals surface area contributed by atoms with Gasteiger partial charge in [-0.15, -0.1) is 0 Å². The smallest absolute Gasteiger partial charge is 0.239 e. The monoisotopic (exact) mass is 311 g/mol. The molecule has 0 bridgehead atoms. The molecule has 3 unspecified atom stereocenters. The molecule has 4 nitrogen and oxygen atoms in total. The van der Waals surface area contributed by atoms with Gasteiger partial charge in [-0.1, -0.05) is 6.92 Å². The summed E-state index contributed by atoms with van der Waals surface area (Å²) in [5.74, 6) is 0.992. The largest absolute Gasteiger partial charge is 0.351 e. The van der Waals surface area contributed by atoms with Crippen LogP contribution in [0.15, 0.2) is 0 Å². The molecule has 21 heavy (non-hydrogen) atoms. The minimum Gasteiger partial charge on any atom is -0.351 e. The Balaban J connectivity index is 1.51. The first-order chi connectivity index (χ1) is 9.97. The molecule has 0 spiro atoms. The molecule has 3 aliphatic rings. The van der Waals surface area contributed by atoms with Crippen molar-refractivity contribution in [3.8, 4) is 0 Å². The van der Waals surface area contributed by atoms with Crippen LogP contribution in [0.4, 0.5) is 0 Å². The Morgan fingerprint density at radius 3 is 2.52 bits per heavy atom. The normalized spacial score (nSPS) is 38.3. The van der Waals surface area contributed by atoms with Crippen LogP contribution in [0.5, 0.6) is 0 Å². The predicted molar refractivity (Wildman–Crippen MR) is 88.7 cm³/mol. The van der Waals surface area contributed by atoms with Gasteiger partial charge in [0, 0.05) is 36.0 Å². The maximum absolute atomic E-state index is 12.3. The highest BCUT2D eigenvalue weighted by molar-refractivity contribution is 7.81. The third kappa shape index (κ3) is 3.57. The summed E-state index contributed by atoms with van der Waals surface area (Å²) in [6.07, 6.45) is 4.80. The van der Waals surface area contributed by atoms with Crippen LogP contribution in [0.25, 0.3) is 0 Å². The number of nitrogens with zero attached hydrogens (tertiary/aromatic N) is 1. The number of carbonyl (C=O) groups excluding carboxylic acids is 1. The van der Waals surface area contributed by atoms with Crippen LogP contribution in [0.2, 0.25) is 0 Å². The number of thiol groups is 1. The van der Waals surface area contributed by atoms with E-state index < -0.39 is 0 Å². The highest BCUT2D eigenvalue weighted by Crippen LogP contribution is 2.39. The lowest BCUT2D eigenvalue weighted by atomic mass is 9.94. The van der Waals surface area contributed by atoms with Crippen LogP contribution in [0.3, 0.4) is 0 Å². The van der Waals surface area contributed by atoms with Crippen molar-refractivity contribution >= 4 is 18.5 Å². The second-order valence-electron chi connectivity index (χ2n) is 7.39. The lowest BCUT2D eigenvalue weighted by Crippen LogP contribution is -2.56. The van der Waals surface area contributed by atoms with Crippen molar-refractivity contribution in [2.75, 3.05) is 6.54 Å². The Morgan fingerprint density at radius 2 is 1.95 bits per heavy atom. The Kier molecular flexibility index (Phi) is 4.53. The van der Waals surface area contributed by atoms with E-state index in [0.29, 0.717) is 29.4 Å². The van der Waals surface area contributed by atoms with Crippen LogP contribution in [0.1, 0.15) is 46.5 Å². The summed E-state index contributed by atoms with van der Waals surface area (Å²) in [4.78, 5) is 14.8. The number of hydrogen-bond donors (Lipinski definition) is 3. The summed E-state index contributed by atoms with van der Waals surface area (Å²) in [7, 11) is 0. The van der Waals surface area contributed by atoms with Crippen molar-refractivity contribution in [1.29, 1.82) is 0 Å². The van der Waals surface area contributed by atoms with Gasteiger partial charge in [0.05, 0.1) is 0 Å². The summed E-state index contributed by atoms with van der Waals surface area (Å²) < 4.78 is 0. The van der Waals surface area contributed by atoms with Gasteiger partial charge >= 0.3 is 0 Å². The molecule has 0 aromatic heterocycles. The second kappa shape index (κ2) is 6.09. The van der Waals surface area contributed by atoms with Crippen molar-refractivity contribution in [1.82, 2.24) is 15.5 Å². The van der Waals surface area contributed by atoms with Crippen molar-refractivity contribution in [2.24, 2.45) is 5.92 Å². The first kappa shape index (κ1) is 15.6. The molecule has 0 aromatic carbocycles. The molecule has 1 saturated carbocycles. The SMILES string of the molecule is CC(S)C1CCC(NC(=O)[C@@H]2N[C@H]2C2CC2)CN1C(C)C. The van der Waals surface area contributed by atoms with Crippen LogP contribution in [0, 0.1) is 5.92 Å². The summed E-state index contributed by atoms with van der Waals surface area (Å²) in [6.45, 7) is 7.61. The number of amides is 1. The Bertz CT molecular complexity index is 397. The van der Waals surface area contributed by atoms with Crippen LogP contribution < -0.4 is 10.6 Å². The molecule has 3 rings (SSSR count). The first-order valence-corrected chi connectivity index (χ1v) is 8.99. The van der Waals surface area contributed by atoms with Crippen LogP contribution in [-0.2, 0) is 4.79 Å². The number of rotatable bonds is 5. The number of nitrogens with one attached hydrogen (secondary N) is 2. The van der Waals surface area contributed by atoms with Gasteiger partial charge in [0.15, 0.2) is 0 Å². The molecule has 2 aliphatic heterocycles. The Hall–Kier alpha value is -0.260. The molecule has 2 heterocycles. The zero-order valence-corrected chi connectivity index (χ0v) is 14.3. The summed E-state index contributed by atoms with van der Waals surface area (Å²) in [6, 6.07) is 1.89. The number of hydrogen-bond acceptors (Lipinski definition) is 4. The van der Waals surface area contributed by atoms with Crippen molar-refractivity contribution in [2.45, 2.75) is 81.9 Å². The fourth-order valence-electron chi connectivity index (χ4n) is 3.79. The number of likely N-dealkylation sites (tertiary alicyclic amines) is 1. The van der Waals surface area contributed by atoms with E-state index in [-0.39, 0.29) is 11.9 Å². The van der Waals surface area contributed by atoms with Gasteiger partial charge in [0.2, 0.25) is 5.91 Å². The standard InChI is InChI=1S/C16H29N3OS/c1-9(2)19-8-12(6-7-13(19)10(3)21)17-16(20)15-14(18-15)11-4-5-11/h9-15,18,21H,4-8H2,1-3H3,(H,17,20)/t10?,12?,13?,14-,15+/m0/s1. The maximum Gasteiger partial charge on any atom is 0.239 e. The maximum atomic E-state index is 12.3. The van der Waals surface area contributed by atoms with E-state index in [1.807, 2.05) is 0 Å². The minimum absolute atomic E-state index is 0.0894. The van der Waals surface area contributed by atoms with Crippen molar-refractivity contribution < 1.29 is 4.79 Å². The lowest BCUT2D eigenvalue weighted by Gasteiger charge is -2.44. The summed E-state index contributed by atoms with van der Waals surface area (Å²) in [5, 5.41) is 7.00. The number of piperidine rings is 1. The second-order valence-corrected chi connectivity index (χ2v) is 8.20. The highest BCUT2D eigenvalue weighted by atomic mass is 32.1. The fraction of sp³-hybridized carbons (Fsp3) is 0.938. The first-order valence-electron chi connectivity index (χ1n) is 8.47. The molecular formula is C16H29N3OS. The van der Waals surface area contributed by atoms with Gasteiger partial charge in [0.1, 0.15) is 6.04 Å². The average molecular weight is 311 g/mol. The van der Waals surface area contributed by atoms with Gasteiger partial charge in [-0.25, -0.2) is 0 Å². The molecule has 5 heteroatoms. The zero-order chi connectivity index (χ0) is 15.1. The van der Waals surface area contributed by atoms with E-state index in [9.17, 15) is 4.79 Å². The van der Waals surface area contributed by atoms with E-state index in [4.69, 9.17) is 0 Å². The lowest BCUT2D eigenvalue weighted by molar-refractivity contribution is -0.122. The molecular weight excluding hydrogens is 282 g/mol. The molecule has 120 valence electrons. The van der Waals surface area contributed by atoms with Gasteiger partial charge in [-0.05, 0) is 45.4 Å². The molecule has 0 radical (unpaired) electrons. The Morgan fingerprint density at radius 1 is 1.24 bits per heavy atom. The third-order valence-electron chi connectivity index (χ3n) is 5.27. The molecule has 5 atom stereocenters.